The number of hydrogen-bond donors (Lipinski definition) is 2. The van der Waals surface area contributed by atoms with Crippen molar-refractivity contribution < 1.29 is 17.9 Å². The largest absolute Gasteiger partial charge is 0.490 e. The molecule has 1 aliphatic rings. The first-order valence-electron chi connectivity index (χ1n) is 9.87. The second kappa shape index (κ2) is 9.29. The fraction of sp³-hybridized carbons (Fsp3) is 0.273. The third kappa shape index (κ3) is 5.78. The maximum atomic E-state index is 13.4. The Balaban J connectivity index is 1.52. The van der Waals surface area contributed by atoms with E-state index in [9.17, 15) is 13.2 Å². The van der Waals surface area contributed by atoms with Crippen molar-refractivity contribution in [3.8, 4) is 5.75 Å². The number of anilines is 4. The third-order valence-corrected chi connectivity index (χ3v) is 5.64. The molecule has 162 valence electrons. The Morgan fingerprint density at radius 2 is 1.52 bits per heavy atom. The summed E-state index contributed by atoms with van der Waals surface area (Å²) in [5.41, 5.74) is 0.222. The summed E-state index contributed by atoms with van der Waals surface area (Å²) >= 11 is 2.13. The highest BCUT2D eigenvalue weighted by Crippen LogP contribution is 2.35. The van der Waals surface area contributed by atoms with Gasteiger partial charge in [0.1, 0.15) is 17.1 Å². The molecule has 2 N–H and O–H groups in total. The van der Waals surface area contributed by atoms with Gasteiger partial charge >= 0.3 is 6.18 Å². The molecule has 1 saturated carbocycles. The minimum absolute atomic E-state index is 0.0606. The van der Waals surface area contributed by atoms with Gasteiger partial charge in [0, 0.05) is 21.1 Å². The molecule has 4 rings (SSSR count). The van der Waals surface area contributed by atoms with Crippen molar-refractivity contribution in [1.82, 2.24) is 9.97 Å². The Hall–Kier alpha value is -2.56. The molecule has 0 aliphatic heterocycles. The van der Waals surface area contributed by atoms with Gasteiger partial charge in [-0.1, -0.05) is 0 Å². The fourth-order valence-electron chi connectivity index (χ4n) is 3.36. The first-order chi connectivity index (χ1) is 14.9. The molecule has 0 atom stereocenters. The molecule has 0 radical (unpaired) electrons. The molecule has 5 nitrogen and oxygen atoms in total. The van der Waals surface area contributed by atoms with Gasteiger partial charge in [-0.15, -0.1) is 0 Å². The Bertz CT molecular complexity index is 1020. The molecule has 1 aromatic heterocycles. The second-order valence-electron chi connectivity index (χ2n) is 7.26. The van der Waals surface area contributed by atoms with Crippen LogP contribution in [-0.4, -0.2) is 16.1 Å². The number of aromatic nitrogens is 2. The summed E-state index contributed by atoms with van der Waals surface area (Å²) in [5, 5.41) is 5.70. The zero-order valence-corrected chi connectivity index (χ0v) is 18.6. The Kier molecular flexibility index (Phi) is 6.49. The van der Waals surface area contributed by atoms with Crippen LogP contribution in [0.4, 0.5) is 36.3 Å². The molecule has 2 aromatic carbocycles. The summed E-state index contributed by atoms with van der Waals surface area (Å²) < 4.78 is 47.2. The van der Waals surface area contributed by atoms with Crippen LogP contribution >= 0.6 is 22.6 Å². The normalized spacial score (nSPS) is 14.5. The van der Waals surface area contributed by atoms with E-state index in [0.29, 0.717) is 11.4 Å². The lowest BCUT2D eigenvalue weighted by Crippen LogP contribution is -2.12. The average Bonchev–Trinajstić information content (AvgIpc) is 3.24. The molecular formula is C22H20F3IN4O. The lowest BCUT2D eigenvalue weighted by Gasteiger charge is -2.15. The van der Waals surface area contributed by atoms with Gasteiger partial charge in [0.05, 0.1) is 6.10 Å². The number of rotatable bonds is 6. The first kappa shape index (κ1) is 21.7. The number of nitrogens with one attached hydrogen (secondary N) is 2. The Labute approximate surface area is 191 Å². The summed E-state index contributed by atoms with van der Waals surface area (Å²) in [6.45, 7) is 0. The van der Waals surface area contributed by atoms with Gasteiger partial charge in [0.25, 0.3) is 0 Å². The van der Waals surface area contributed by atoms with E-state index in [-0.39, 0.29) is 17.9 Å². The van der Waals surface area contributed by atoms with Crippen LogP contribution in [-0.2, 0) is 6.18 Å². The summed E-state index contributed by atoms with van der Waals surface area (Å²) in [6.07, 6.45) is 0.964. The lowest BCUT2D eigenvalue weighted by atomic mass is 10.2. The number of ether oxygens (including phenoxy) is 1. The second-order valence-corrected chi connectivity index (χ2v) is 8.50. The minimum atomic E-state index is -4.58. The number of nitrogens with zero attached hydrogens (tertiary/aromatic N) is 2. The number of benzene rings is 2. The molecule has 3 aromatic rings. The molecule has 31 heavy (non-hydrogen) atoms. The highest BCUT2D eigenvalue weighted by atomic mass is 127. The summed E-state index contributed by atoms with van der Waals surface area (Å²) in [7, 11) is 0. The first-order valence-corrected chi connectivity index (χ1v) is 11.0. The third-order valence-electron chi connectivity index (χ3n) is 4.92. The van der Waals surface area contributed by atoms with E-state index >= 15 is 0 Å². The number of alkyl halides is 3. The Morgan fingerprint density at radius 1 is 0.903 bits per heavy atom. The van der Waals surface area contributed by atoms with Gasteiger partial charge < -0.3 is 15.4 Å². The molecule has 1 heterocycles. The van der Waals surface area contributed by atoms with Crippen LogP contribution in [0, 0.1) is 3.57 Å². The van der Waals surface area contributed by atoms with E-state index in [1.54, 1.807) is 36.4 Å². The number of hydrogen-bond acceptors (Lipinski definition) is 5. The molecule has 1 aliphatic carbocycles. The van der Waals surface area contributed by atoms with Gasteiger partial charge in [-0.3, -0.25) is 0 Å². The predicted molar refractivity (Wildman–Crippen MR) is 122 cm³/mol. The van der Waals surface area contributed by atoms with Gasteiger partial charge in [0.2, 0.25) is 5.95 Å². The van der Waals surface area contributed by atoms with E-state index in [0.717, 1.165) is 28.4 Å². The van der Waals surface area contributed by atoms with Crippen molar-refractivity contribution in [3.63, 3.8) is 0 Å². The summed E-state index contributed by atoms with van der Waals surface area (Å²) in [6, 6.07) is 14.2. The standard InChI is InChI=1S/C22H20F3IN4O/c23-22(24,25)19-13-27-21(30-20(19)28-15-7-5-14(26)6-8-15)29-16-9-11-18(12-10-16)31-17-3-1-2-4-17/h5-13,17H,1-4H2,(H2,27,28,29,30). The van der Waals surface area contributed by atoms with Gasteiger partial charge in [-0.2, -0.15) is 18.2 Å². The topological polar surface area (TPSA) is 59.1 Å². The van der Waals surface area contributed by atoms with E-state index in [1.807, 2.05) is 12.1 Å². The monoisotopic (exact) mass is 540 g/mol. The van der Waals surface area contributed by atoms with Crippen LogP contribution in [0.15, 0.2) is 54.7 Å². The molecule has 1 fully saturated rings. The van der Waals surface area contributed by atoms with Crippen LogP contribution in [0.1, 0.15) is 31.2 Å². The zero-order chi connectivity index (χ0) is 21.8. The maximum Gasteiger partial charge on any atom is 0.421 e. The molecule has 9 heteroatoms. The van der Waals surface area contributed by atoms with Crippen molar-refractivity contribution in [3.05, 3.63) is 63.9 Å². The number of halogens is 4. The smallest absolute Gasteiger partial charge is 0.421 e. The van der Waals surface area contributed by atoms with E-state index < -0.39 is 11.7 Å². The van der Waals surface area contributed by atoms with E-state index in [1.165, 1.54) is 12.8 Å². The molecule has 0 saturated heterocycles. The zero-order valence-electron chi connectivity index (χ0n) is 16.4. The highest BCUT2D eigenvalue weighted by molar-refractivity contribution is 14.1. The molecular weight excluding hydrogens is 520 g/mol. The van der Waals surface area contributed by atoms with Gasteiger partial charge in [0.15, 0.2) is 0 Å². The fourth-order valence-corrected chi connectivity index (χ4v) is 3.72. The Morgan fingerprint density at radius 3 is 2.16 bits per heavy atom. The predicted octanol–water partition coefficient (Wildman–Crippen LogP) is 6.91. The van der Waals surface area contributed by atoms with Crippen LogP contribution < -0.4 is 15.4 Å². The van der Waals surface area contributed by atoms with Gasteiger partial charge in [-0.05, 0) is 96.8 Å². The highest BCUT2D eigenvalue weighted by Gasteiger charge is 2.35. The summed E-state index contributed by atoms with van der Waals surface area (Å²) in [5.74, 6) is 0.518. The lowest BCUT2D eigenvalue weighted by molar-refractivity contribution is -0.137. The van der Waals surface area contributed by atoms with Crippen LogP contribution in [0.2, 0.25) is 0 Å². The maximum absolute atomic E-state index is 13.4. The van der Waals surface area contributed by atoms with Crippen molar-refractivity contribution in [2.45, 2.75) is 38.0 Å². The van der Waals surface area contributed by atoms with Crippen LogP contribution in [0.5, 0.6) is 5.75 Å². The molecule has 0 unspecified atom stereocenters. The van der Waals surface area contributed by atoms with Crippen molar-refractivity contribution in [2.75, 3.05) is 10.6 Å². The molecule has 0 amide bonds. The summed E-state index contributed by atoms with van der Waals surface area (Å²) in [4.78, 5) is 7.92. The SMILES string of the molecule is FC(F)(F)c1cnc(Nc2ccc(OC3CCCC3)cc2)nc1Nc1ccc(I)cc1. The van der Waals surface area contributed by atoms with Crippen LogP contribution in [0.3, 0.4) is 0 Å². The molecule has 0 spiro atoms. The minimum Gasteiger partial charge on any atom is -0.490 e. The van der Waals surface area contributed by atoms with E-state index in [2.05, 4.69) is 43.2 Å². The van der Waals surface area contributed by atoms with Crippen LogP contribution in [0.25, 0.3) is 0 Å². The van der Waals surface area contributed by atoms with Crippen molar-refractivity contribution in [1.29, 1.82) is 0 Å². The quantitative estimate of drug-likeness (QED) is 0.333. The van der Waals surface area contributed by atoms with E-state index in [4.69, 9.17) is 4.74 Å². The van der Waals surface area contributed by atoms with Gasteiger partial charge in [-0.25, -0.2) is 4.98 Å². The van der Waals surface area contributed by atoms with Crippen molar-refractivity contribution in [2.24, 2.45) is 0 Å². The van der Waals surface area contributed by atoms with Crippen molar-refractivity contribution >= 4 is 45.7 Å². The molecule has 0 bridgehead atoms. The average molecular weight is 540 g/mol.